The second-order valence-corrected chi connectivity index (χ2v) is 6.40. The number of carbonyl (C=O) groups excluding carboxylic acids is 1. The third-order valence-corrected chi connectivity index (χ3v) is 4.70. The zero-order valence-electron chi connectivity index (χ0n) is 11.7. The fraction of sp³-hybridized carbons (Fsp3) is 0.643. The van der Waals surface area contributed by atoms with E-state index in [9.17, 15) is 15.0 Å². The maximum atomic E-state index is 12.4. The van der Waals surface area contributed by atoms with Crippen molar-refractivity contribution in [1.29, 1.82) is 0 Å². The SMILES string of the molecule is COCc1ccc(C(=O)N2CCC[C@](O)(CO)CC2)s1. The largest absolute Gasteiger partial charge is 0.393 e. The molecule has 1 aliphatic heterocycles. The van der Waals surface area contributed by atoms with E-state index >= 15 is 0 Å². The second-order valence-electron chi connectivity index (χ2n) is 5.23. The molecule has 0 radical (unpaired) electrons. The molecule has 0 saturated carbocycles. The smallest absolute Gasteiger partial charge is 0.263 e. The molecule has 1 amide bonds. The molecule has 1 aliphatic rings. The number of aliphatic hydroxyl groups is 2. The van der Waals surface area contributed by atoms with Crippen molar-refractivity contribution in [2.75, 3.05) is 26.8 Å². The Morgan fingerprint density at radius 3 is 2.95 bits per heavy atom. The van der Waals surface area contributed by atoms with Gasteiger partial charge in [0.25, 0.3) is 5.91 Å². The summed E-state index contributed by atoms with van der Waals surface area (Å²) in [5.41, 5.74) is -1.04. The maximum absolute atomic E-state index is 12.4. The van der Waals surface area contributed by atoms with E-state index in [0.717, 1.165) is 4.88 Å². The minimum atomic E-state index is -1.04. The Bertz CT molecular complexity index is 462. The van der Waals surface area contributed by atoms with Gasteiger partial charge in [-0.3, -0.25) is 4.79 Å². The number of likely N-dealkylation sites (tertiary alicyclic amines) is 1. The predicted octanol–water partition coefficient (Wildman–Crippen LogP) is 1.24. The predicted molar refractivity (Wildman–Crippen MR) is 76.8 cm³/mol. The van der Waals surface area contributed by atoms with Crippen LogP contribution >= 0.6 is 11.3 Å². The monoisotopic (exact) mass is 299 g/mol. The number of thiophene rings is 1. The minimum absolute atomic E-state index is 0.000423. The Labute approximate surface area is 122 Å². The van der Waals surface area contributed by atoms with Gasteiger partial charge in [-0.2, -0.15) is 0 Å². The highest BCUT2D eigenvalue weighted by atomic mass is 32.1. The summed E-state index contributed by atoms with van der Waals surface area (Å²) in [6.07, 6.45) is 1.66. The zero-order valence-corrected chi connectivity index (χ0v) is 12.5. The van der Waals surface area contributed by atoms with Gasteiger partial charge in [0.05, 0.1) is 23.7 Å². The summed E-state index contributed by atoms with van der Waals surface area (Å²) in [6.45, 7) is 1.38. The highest BCUT2D eigenvalue weighted by Crippen LogP contribution is 2.24. The van der Waals surface area contributed by atoms with Crippen LogP contribution in [0.15, 0.2) is 12.1 Å². The van der Waals surface area contributed by atoms with E-state index in [2.05, 4.69) is 0 Å². The molecule has 6 heteroatoms. The molecule has 2 N–H and O–H groups in total. The molecule has 1 aromatic rings. The summed E-state index contributed by atoms with van der Waals surface area (Å²) in [7, 11) is 1.63. The molecule has 1 fully saturated rings. The molecule has 0 spiro atoms. The molecule has 2 rings (SSSR count). The van der Waals surface area contributed by atoms with Crippen molar-refractivity contribution < 1.29 is 19.7 Å². The first kappa shape index (κ1) is 15.4. The number of carbonyl (C=O) groups is 1. The van der Waals surface area contributed by atoms with Gasteiger partial charge in [0.15, 0.2) is 0 Å². The molecule has 0 aliphatic carbocycles. The average molecular weight is 299 g/mol. The first-order chi connectivity index (χ1) is 9.58. The molecule has 5 nitrogen and oxygen atoms in total. The normalized spacial score (nSPS) is 23.6. The van der Waals surface area contributed by atoms with Crippen molar-refractivity contribution in [2.24, 2.45) is 0 Å². The standard InChI is InChI=1S/C14H21NO4S/c1-19-9-11-3-4-12(20-11)13(17)15-7-2-5-14(18,10-16)6-8-15/h3-4,16,18H,2,5-10H2,1H3/t14-/m1/s1. The van der Waals surface area contributed by atoms with Gasteiger partial charge < -0.3 is 19.8 Å². The van der Waals surface area contributed by atoms with Gasteiger partial charge in [0.1, 0.15) is 0 Å². The zero-order chi connectivity index (χ0) is 14.6. The molecule has 0 bridgehead atoms. The lowest BCUT2D eigenvalue weighted by molar-refractivity contribution is -0.0250. The van der Waals surface area contributed by atoms with Gasteiger partial charge >= 0.3 is 0 Å². The summed E-state index contributed by atoms with van der Waals surface area (Å²) >= 11 is 1.44. The Morgan fingerprint density at radius 2 is 2.25 bits per heavy atom. The highest BCUT2D eigenvalue weighted by molar-refractivity contribution is 7.14. The van der Waals surface area contributed by atoms with Crippen LogP contribution in [0.25, 0.3) is 0 Å². The number of amides is 1. The summed E-state index contributed by atoms with van der Waals surface area (Å²) < 4.78 is 5.05. The van der Waals surface area contributed by atoms with E-state index in [0.29, 0.717) is 43.8 Å². The van der Waals surface area contributed by atoms with Gasteiger partial charge in [-0.15, -0.1) is 11.3 Å². The maximum Gasteiger partial charge on any atom is 0.263 e. The first-order valence-corrected chi connectivity index (χ1v) is 7.60. The molecule has 2 heterocycles. The van der Waals surface area contributed by atoms with Crippen LogP contribution in [0.1, 0.15) is 33.8 Å². The van der Waals surface area contributed by atoms with Crippen LogP contribution in [0.3, 0.4) is 0 Å². The van der Waals surface area contributed by atoms with Crippen molar-refractivity contribution in [3.63, 3.8) is 0 Å². The van der Waals surface area contributed by atoms with E-state index in [4.69, 9.17) is 4.74 Å². The summed E-state index contributed by atoms with van der Waals surface area (Å²) in [6, 6.07) is 3.73. The van der Waals surface area contributed by atoms with Crippen molar-refractivity contribution >= 4 is 17.2 Å². The highest BCUT2D eigenvalue weighted by Gasteiger charge is 2.31. The van der Waals surface area contributed by atoms with Crippen LogP contribution in [0.2, 0.25) is 0 Å². The minimum Gasteiger partial charge on any atom is -0.393 e. The van der Waals surface area contributed by atoms with Crippen LogP contribution in [-0.4, -0.2) is 53.4 Å². The van der Waals surface area contributed by atoms with Gasteiger partial charge in [-0.1, -0.05) is 0 Å². The Hall–Kier alpha value is -0.950. The van der Waals surface area contributed by atoms with E-state index < -0.39 is 5.60 Å². The molecule has 112 valence electrons. The van der Waals surface area contributed by atoms with Crippen LogP contribution < -0.4 is 0 Å². The molecule has 20 heavy (non-hydrogen) atoms. The third kappa shape index (κ3) is 3.58. The lowest BCUT2D eigenvalue weighted by Crippen LogP contribution is -2.36. The van der Waals surface area contributed by atoms with Crippen LogP contribution in [0.5, 0.6) is 0 Å². The van der Waals surface area contributed by atoms with E-state index in [-0.39, 0.29) is 12.5 Å². The molecule has 1 saturated heterocycles. The number of rotatable bonds is 4. The first-order valence-electron chi connectivity index (χ1n) is 6.78. The molecule has 1 atom stereocenters. The topological polar surface area (TPSA) is 70.0 Å². The Kier molecular flexibility index (Phi) is 5.15. The summed E-state index contributed by atoms with van der Waals surface area (Å²) in [5, 5.41) is 19.3. The molecule has 0 unspecified atom stereocenters. The van der Waals surface area contributed by atoms with Crippen molar-refractivity contribution in [2.45, 2.75) is 31.5 Å². The lowest BCUT2D eigenvalue weighted by atomic mass is 9.96. The van der Waals surface area contributed by atoms with Crippen molar-refractivity contribution in [3.05, 3.63) is 21.9 Å². The fourth-order valence-corrected chi connectivity index (χ4v) is 3.36. The van der Waals surface area contributed by atoms with Gasteiger partial charge in [-0.25, -0.2) is 0 Å². The quantitative estimate of drug-likeness (QED) is 0.878. The van der Waals surface area contributed by atoms with Crippen LogP contribution in [0.4, 0.5) is 0 Å². The fourth-order valence-electron chi connectivity index (χ4n) is 2.41. The number of nitrogens with zero attached hydrogens (tertiary/aromatic N) is 1. The van der Waals surface area contributed by atoms with Gasteiger partial charge in [-0.05, 0) is 31.4 Å². The van der Waals surface area contributed by atoms with Gasteiger partial charge in [0, 0.05) is 25.1 Å². The van der Waals surface area contributed by atoms with Crippen LogP contribution in [0, 0.1) is 0 Å². The average Bonchev–Trinajstić information content (AvgIpc) is 2.81. The second kappa shape index (κ2) is 6.67. The third-order valence-electron chi connectivity index (χ3n) is 3.66. The molecule has 1 aromatic heterocycles. The number of aliphatic hydroxyl groups excluding tert-OH is 1. The summed E-state index contributed by atoms with van der Waals surface area (Å²) in [5.74, 6) is -0.000423. The van der Waals surface area contributed by atoms with E-state index in [1.165, 1.54) is 11.3 Å². The molecular weight excluding hydrogens is 278 g/mol. The number of hydrogen-bond acceptors (Lipinski definition) is 5. The van der Waals surface area contributed by atoms with Crippen LogP contribution in [-0.2, 0) is 11.3 Å². The lowest BCUT2D eigenvalue weighted by Gasteiger charge is -2.24. The number of hydrogen-bond donors (Lipinski definition) is 2. The van der Waals surface area contributed by atoms with Crippen molar-refractivity contribution in [1.82, 2.24) is 4.90 Å². The van der Waals surface area contributed by atoms with Crippen molar-refractivity contribution in [3.8, 4) is 0 Å². The number of methoxy groups -OCH3 is 1. The molecular formula is C14H21NO4S. The molecule has 0 aromatic carbocycles. The van der Waals surface area contributed by atoms with E-state index in [1.54, 1.807) is 12.0 Å². The number of ether oxygens (including phenoxy) is 1. The van der Waals surface area contributed by atoms with Gasteiger partial charge in [0.2, 0.25) is 0 Å². The Balaban J connectivity index is 2.01. The summed E-state index contributed by atoms with van der Waals surface area (Å²) in [4.78, 5) is 15.9. The van der Waals surface area contributed by atoms with E-state index in [1.807, 2.05) is 12.1 Å². The Morgan fingerprint density at radius 1 is 1.45 bits per heavy atom.